The maximum Gasteiger partial charge on any atom is 0.241 e. The lowest BCUT2D eigenvalue weighted by Crippen LogP contribution is -2.49. The van der Waals surface area contributed by atoms with Crippen molar-refractivity contribution in [1.82, 2.24) is 10.0 Å². The van der Waals surface area contributed by atoms with E-state index in [1.807, 2.05) is 24.3 Å². The molecule has 218 valence electrons. The van der Waals surface area contributed by atoms with Crippen LogP contribution < -0.4 is 19.7 Å². The quantitative estimate of drug-likeness (QED) is 0.322. The molecule has 0 radical (unpaired) electrons. The summed E-state index contributed by atoms with van der Waals surface area (Å²) in [5.41, 5.74) is 3.79. The SMILES string of the molecule is COc1ccc(-c2ccc(S(=O)(=O)NC(CC3CCCCC3)C(=O)NCCN3CCc4cc(F)ccc43)cc2)cc1. The number of benzene rings is 3. The third kappa shape index (κ3) is 7.26. The van der Waals surface area contributed by atoms with E-state index in [-0.39, 0.29) is 16.6 Å². The van der Waals surface area contributed by atoms with Crippen molar-refractivity contribution >= 4 is 21.6 Å². The lowest BCUT2D eigenvalue weighted by molar-refractivity contribution is -0.123. The molecule has 0 spiro atoms. The van der Waals surface area contributed by atoms with Crippen molar-refractivity contribution in [3.8, 4) is 16.9 Å². The number of halogens is 1. The molecule has 2 N–H and O–H groups in total. The first-order valence-electron chi connectivity index (χ1n) is 14.4. The predicted molar refractivity (Wildman–Crippen MR) is 159 cm³/mol. The number of methoxy groups -OCH3 is 1. The number of carbonyl (C=O) groups is 1. The predicted octanol–water partition coefficient (Wildman–Crippen LogP) is 5.30. The average molecular weight is 580 g/mol. The van der Waals surface area contributed by atoms with Crippen LogP contribution in [-0.2, 0) is 21.2 Å². The summed E-state index contributed by atoms with van der Waals surface area (Å²) in [6.45, 7) is 1.70. The summed E-state index contributed by atoms with van der Waals surface area (Å²) in [6.07, 6.45) is 6.64. The van der Waals surface area contributed by atoms with Crippen molar-refractivity contribution in [2.45, 2.75) is 55.9 Å². The minimum atomic E-state index is -3.93. The standard InChI is InChI=1S/C32H38FN3O4S/c1-40-28-12-7-24(8-13-28)25-9-14-29(15-10-25)41(38,39)35-30(21-23-5-3-2-4-6-23)32(37)34-18-20-36-19-17-26-22-27(33)11-16-31(26)36/h7-16,22-23,30,35H,2-6,17-21H2,1H3,(H,34,37). The van der Waals surface area contributed by atoms with Crippen LogP contribution in [0.15, 0.2) is 71.6 Å². The number of rotatable bonds is 11. The van der Waals surface area contributed by atoms with Gasteiger partial charge in [-0.2, -0.15) is 4.72 Å². The van der Waals surface area contributed by atoms with Crippen LogP contribution in [0.3, 0.4) is 0 Å². The molecule has 1 fully saturated rings. The molecule has 1 saturated carbocycles. The van der Waals surface area contributed by atoms with Crippen LogP contribution in [0.5, 0.6) is 5.75 Å². The van der Waals surface area contributed by atoms with Gasteiger partial charge in [0.1, 0.15) is 17.6 Å². The van der Waals surface area contributed by atoms with Crippen LogP contribution in [0.1, 0.15) is 44.1 Å². The molecule has 3 aromatic rings. The molecule has 1 unspecified atom stereocenters. The van der Waals surface area contributed by atoms with Crippen molar-refractivity contribution < 1.29 is 22.3 Å². The molecule has 5 rings (SSSR count). The first-order chi connectivity index (χ1) is 19.8. The monoisotopic (exact) mass is 579 g/mol. The maximum absolute atomic E-state index is 13.6. The Bertz CT molecular complexity index is 1440. The molecule has 1 amide bonds. The molecule has 1 aliphatic heterocycles. The second-order valence-corrected chi connectivity index (χ2v) is 12.7. The van der Waals surface area contributed by atoms with Crippen molar-refractivity contribution in [3.63, 3.8) is 0 Å². The maximum atomic E-state index is 13.6. The van der Waals surface area contributed by atoms with Gasteiger partial charge in [-0.05, 0) is 77.9 Å². The summed E-state index contributed by atoms with van der Waals surface area (Å²) in [5, 5.41) is 2.96. The molecular weight excluding hydrogens is 541 g/mol. The molecule has 0 bridgehead atoms. The molecule has 2 aliphatic rings. The number of nitrogens with zero attached hydrogens (tertiary/aromatic N) is 1. The van der Waals surface area contributed by atoms with E-state index < -0.39 is 16.1 Å². The second kappa shape index (κ2) is 13.0. The van der Waals surface area contributed by atoms with Gasteiger partial charge in [0.25, 0.3) is 0 Å². The van der Waals surface area contributed by atoms with Gasteiger partial charge < -0.3 is 15.0 Å². The summed E-state index contributed by atoms with van der Waals surface area (Å²) in [6, 6.07) is 18.2. The Balaban J connectivity index is 1.24. The number of sulfonamides is 1. The van der Waals surface area contributed by atoms with Gasteiger partial charge in [0, 0.05) is 25.3 Å². The van der Waals surface area contributed by atoms with Crippen LogP contribution >= 0.6 is 0 Å². The third-order valence-electron chi connectivity index (χ3n) is 8.21. The molecule has 1 aliphatic carbocycles. The molecule has 3 aromatic carbocycles. The van der Waals surface area contributed by atoms with E-state index in [9.17, 15) is 17.6 Å². The summed E-state index contributed by atoms with van der Waals surface area (Å²) >= 11 is 0. The fourth-order valence-electron chi connectivity index (χ4n) is 5.94. The molecule has 1 heterocycles. The molecule has 9 heteroatoms. The minimum absolute atomic E-state index is 0.122. The fourth-order valence-corrected chi connectivity index (χ4v) is 7.15. The number of anilines is 1. The number of hydrogen-bond acceptors (Lipinski definition) is 5. The normalized spacial score (nSPS) is 16.3. The zero-order valence-electron chi connectivity index (χ0n) is 23.4. The van der Waals surface area contributed by atoms with Crippen molar-refractivity contribution in [2.24, 2.45) is 5.92 Å². The van der Waals surface area contributed by atoms with Crippen molar-refractivity contribution in [1.29, 1.82) is 0 Å². The van der Waals surface area contributed by atoms with E-state index in [0.717, 1.165) is 66.8 Å². The lowest BCUT2D eigenvalue weighted by Gasteiger charge is -2.27. The zero-order chi connectivity index (χ0) is 28.8. The fraction of sp³-hybridized carbons (Fsp3) is 0.406. The smallest absolute Gasteiger partial charge is 0.241 e. The minimum Gasteiger partial charge on any atom is -0.497 e. The van der Waals surface area contributed by atoms with E-state index in [1.165, 1.54) is 12.5 Å². The van der Waals surface area contributed by atoms with Gasteiger partial charge in [0.05, 0.1) is 12.0 Å². The number of fused-ring (bicyclic) bond motifs is 1. The highest BCUT2D eigenvalue weighted by Gasteiger charge is 2.29. The van der Waals surface area contributed by atoms with Gasteiger partial charge in [-0.1, -0.05) is 56.4 Å². The number of amides is 1. The lowest BCUT2D eigenvalue weighted by atomic mass is 9.85. The number of nitrogens with one attached hydrogen (secondary N) is 2. The molecular formula is C32H38FN3O4S. The van der Waals surface area contributed by atoms with E-state index in [0.29, 0.717) is 25.4 Å². The van der Waals surface area contributed by atoms with Gasteiger partial charge in [0.15, 0.2) is 0 Å². The van der Waals surface area contributed by atoms with E-state index >= 15 is 0 Å². The third-order valence-corrected chi connectivity index (χ3v) is 9.70. The molecule has 0 aromatic heterocycles. The number of carbonyl (C=O) groups excluding carboxylic acids is 1. The number of ether oxygens (including phenoxy) is 1. The zero-order valence-corrected chi connectivity index (χ0v) is 24.3. The summed E-state index contributed by atoms with van der Waals surface area (Å²) in [4.78, 5) is 15.6. The van der Waals surface area contributed by atoms with Gasteiger partial charge in [-0.3, -0.25) is 4.79 Å². The molecule has 41 heavy (non-hydrogen) atoms. The number of hydrogen-bond donors (Lipinski definition) is 2. The topological polar surface area (TPSA) is 87.7 Å². The Morgan fingerprint density at radius 2 is 1.68 bits per heavy atom. The first kappa shape index (κ1) is 29.1. The van der Waals surface area contributed by atoms with Gasteiger partial charge in [-0.25, -0.2) is 12.8 Å². The van der Waals surface area contributed by atoms with E-state index in [4.69, 9.17) is 4.74 Å². The summed E-state index contributed by atoms with van der Waals surface area (Å²) in [5.74, 6) is 0.500. The van der Waals surface area contributed by atoms with Crippen LogP contribution in [0.4, 0.5) is 10.1 Å². The summed E-state index contributed by atoms with van der Waals surface area (Å²) in [7, 11) is -2.32. The van der Waals surface area contributed by atoms with Crippen LogP contribution in [0.2, 0.25) is 0 Å². The Kier molecular flexibility index (Phi) is 9.25. The Hall–Kier alpha value is -3.43. The highest BCUT2D eigenvalue weighted by atomic mass is 32.2. The largest absolute Gasteiger partial charge is 0.497 e. The van der Waals surface area contributed by atoms with E-state index in [1.54, 1.807) is 43.5 Å². The van der Waals surface area contributed by atoms with Gasteiger partial charge in [-0.15, -0.1) is 0 Å². The highest BCUT2D eigenvalue weighted by molar-refractivity contribution is 7.89. The van der Waals surface area contributed by atoms with Gasteiger partial charge in [0.2, 0.25) is 15.9 Å². The highest BCUT2D eigenvalue weighted by Crippen LogP contribution is 2.30. The van der Waals surface area contributed by atoms with Crippen molar-refractivity contribution in [2.75, 3.05) is 31.6 Å². The molecule has 1 atom stereocenters. The molecule has 0 saturated heterocycles. The Labute approximate surface area is 242 Å². The van der Waals surface area contributed by atoms with Crippen LogP contribution in [0, 0.1) is 11.7 Å². The van der Waals surface area contributed by atoms with Crippen LogP contribution in [0.25, 0.3) is 11.1 Å². The van der Waals surface area contributed by atoms with Crippen molar-refractivity contribution in [3.05, 3.63) is 78.1 Å². The first-order valence-corrected chi connectivity index (χ1v) is 15.9. The Morgan fingerprint density at radius 1 is 1.00 bits per heavy atom. The average Bonchev–Trinajstić information content (AvgIpc) is 3.39. The van der Waals surface area contributed by atoms with Gasteiger partial charge >= 0.3 is 0 Å². The molecule has 7 nitrogen and oxygen atoms in total. The summed E-state index contributed by atoms with van der Waals surface area (Å²) < 4.78 is 48.3. The van der Waals surface area contributed by atoms with Crippen LogP contribution in [-0.4, -0.2) is 47.1 Å². The Morgan fingerprint density at radius 3 is 2.37 bits per heavy atom. The second-order valence-electron chi connectivity index (χ2n) is 11.0. The van der Waals surface area contributed by atoms with E-state index in [2.05, 4.69) is 14.9 Å².